The number of carbonyl (C=O) groups excluding carboxylic acids is 1. The predicted octanol–water partition coefficient (Wildman–Crippen LogP) is 2.80. The average Bonchev–Trinajstić information content (AvgIpc) is 2.45. The summed E-state index contributed by atoms with van der Waals surface area (Å²) in [6, 6.07) is 0.518. The van der Waals surface area contributed by atoms with Crippen LogP contribution in [-0.2, 0) is 4.79 Å². The summed E-state index contributed by atoms with van der Waals surface area (Å²) >= 11 is 0. The van der Waals surface area contributed by atoms with Crippen LogP contribution in [0.15, 0.2) is 0 Å². The molecule has 3 heteroatoms. The molecule has 2 unspecified atom stereocenters. The number of carbonyl (C=O) groups is 1. The molecule has 2 fully saturated rings. The summed E-state index contributed by atoms with van der Waals surface area (Å²) in [5.74, 6) is 1.80. The van der Waals surface area contributed by atoms with E-state index in [9.17, 15) is 4.79 Å². The Morgan fingerprint density at radius 2 is 1.89 bits per heavy atom. The van der Waals surface area contributed by atoms with Crippen LogP contribution in [0.2, 0.25) is 0 Å². The summed E-state index contributed by atoms with van der Waals surface area (Å²) in [6.07, 6.45) is 9.47. The molecular weight excluding hydrogens is 236 g/mol. The van der Waals surface area contributed by atoms with Gasteiger partial charge in [0.15, 0.2) is 0 Å². The van der Waals surface area contributed by atoms with Gasteiger partial charge in [0.05, 0.1) is 0 Å². The van der Waals surface area contributed by atoms with Crippen LogP contribution in [0.4, 0.5) is 0 Å². The van der Waals surface area contributed by atoms with Crippen LogP contribution >= 0.6 is 0 Å². The lowest BCUT2D eigenvalue weighted by molar-refractivity contribution is -0.131. The van der Waals surface area contributed by atoms with Crippen molar-refractivity contribution in [2.24, 2.45) is 11.8 Å². The van der Waals surface area contributed by atoms with Gasteiger partial charge in [-0.2, -0.15) is 0 Å². The van der Waals surface area contributed by atoms with Gasteiger partial charge in [0, 0.05) is 26.1 Å². The molecule has 0 spiro atoms. The molecule has 1 saturated carbocycles. The molecule has 0 bridgehead atoms. The molecule has 1 saturated heterocycles. The normalized spacial score (nSPS) is 29.5. The Bertz CT molecular complexity index is 286. The lowest BCUT2D eigenvalue weighted by Gasteiger charge is -2.38. The third-order valence-electron chi connectivity index (χ3n) is 4.98. The standard InChI is InChI=1S/C16H30N2O/c1-3-14-9-16(12-18(11-14)13(2)19)17-10-15-7-5-4-6-8-15/h14-17H,3-12H2,1-2H3. The Morgan fingerprint density at radius 3 is 2.53 bits per heavy atom. The van der Waals surface area contributed by atoms with E-state index in [2.05, 4.69) is 12.2 Å². The average molecular weight is 266 g/mol. The minimum Gasteiger partial charge on any atom is -0.341 e. The van der Waals surface area contributed by atoms with E-state index in [0.717, 1.165) is 25.6 Å². The van der Waals surface area contributed by atoms with Gasteiger partial charge < -0.3 is 10.2 Å². The monoisotopic (exact) mass is 266 g/mol. The van der Waals surface area contributed by atoms with E-state index in [-0.39, 0.29) is 5.91 Å². The molecule has 0 aromatic carbocycles. The molecule has 19 heavy (non-hydrogen) atoms. The van der Waals surface area contributed by atoms with Crippen LogP contribution < -0.4 is 5.32 Å². The van der Waals surface area contributed by atoms with Gasteiger partial charge in [0.2, 0.25) is 5.91 Å². The maximum Gasteiger partial charge on any atom is 0.219 e. The zero-order chi connectivity index (χ0) is 13.7. The number of hydrogen-bond acceptors (Lipinski definition) is 2. The maximum atomic E-state index is 11.6. The zero-order valence-electron chi connectivity index (χ0n) is 12.7. The second kappa shape index (κ2) is 7.28. The van der Waals surface area contributed by atoms with Gasteiger partial charge in [-0.1, -0.05) is 32.6 Å². The number of hydrogen-bond donors (Lipinski definition) is 1. The van der Waals surface area contributed by atoms with Crippen molar-refractivity contribution in [1.29, 1.82) is 0 Å². The number of nitrogens with one attached hydrogen (secondary N) is 1. The van der Waals surface area contributed by atoms with Crippen LogP contribution in [0.1, 0.15) is 58.8 Å². The lowest BCUT2D eigenvalue weighted by atomic mass is 9.88. The van der Waals surface area contributed by atoms with E-state index in [1.165, 1.54) is 44.9 Å². The van der Waals surface area contributed by atoms with Crippen LogP contribution in [0.25, 0.3) is 0 Å². The summed E-state index contributed by atoms with van der Waals surface area (Å²) in [7, 11) is 0. The summed E-state index contributed by atoms with van der Waals surface area (Å²) in [6.45, 7) is 6.99. The molecular formula is C16H30N2O. The molecule has 0 aromatic heterocycles. The first kappa shape index (κ1) is 14.8. The van der Waals surface area contributed by atoms with Gasteiger partial charge in [-0.3, -0.25) is 4.79 Å². The van der Waals surface area contributed by atoms with E-state index < -0.39 is 0 Å². The van der Waals surface area contributed by atoms with E-state index in [1.807, 2.05) is 4.90 Å². The molecule has 1 aliphatic heterocycles. The lowest BCUT2D eigenvalue weighted by Crippen LogP contribution is -2.51. The Kier molecular flexibility index (Phi) is 5.68. The summed E-state index contributed by atoms with van der Waals surface area (Å²) in [4.78, 5) is 13.6. The zero-order valence-corrected chi connectivity index (χ0v) is 12.7. The Hall–Kier alpha value is -0.570. The third-order valence-corrected chi connectivity index (χ3v) is 4.98. The highest BCUT2D eigenvalue weighted by Gasteiger charge is 2.27. The number of likely N-dealkylation sites (tertiary alicyclic amines) is 1. The molecule has 2 atom stereocenters. The highest BCUT2D eigenvalue weighted by molar-refractivity contribution is 5.73. The number of rotatable bonds is 4. The number of nitrogens with zero attached hydrogens (tertiary/aromatic N) is 1. The quantitative estimate of drug-likeness (QED) is 0.848. The van der Waals surface area contributed by atoms with Gasteiger partial charge in [0.25, 0.3) is 0 Å². The SMILES string of the molecule is CCC1CC(NCC2CCCCC2)CN(C(C)=O)C1. The molecule has 3 nitrogen and oxygen atoms in total. The molecule has 0 aromatic rings. The van der Waals surface area contributed by atoms with E-state index >= 15 is 0 Å². The second-order valence-electron chi connectivity index (χ2n) is 6.54. The smallest absolute Gasteiger partial charge is 0.219 e. The van der Waals surface area contributed by atoms with Crippen molar-refractivity contribution < 1.29 is 4.79 Å². The van der Waals surface area contributed by atoms with Gasteiger partial charge in [-0.15, -0.1) is 0 Å². The minimum atomic E-state index is 0.239. The van der Waals surface area contributed by atoms with Gasteiger partial charge in [-0.05, 0) is 37.6 Å². The molecule has 2 aliphatic rings. The highest BCUT2D eigenvalue weighted by Crippen LogP contribution is 2.24. The first-order chi connectivity index (χ1) is 9.19. The molecule has 1 aliphatic carbocycles. The summed E-state index contributed by atoms with van der Waals surface area (Å²) in [5, 5.41) is 3.75. The van der Waals surface area contributed by atoms with Crippen molar-refractivity contribution >= 4 is 5.91 Å². The van der Waals surface area contributed by atoms with Gasteiger partial charge >= 0.3 is 0 Å². The van der Waals surface area contributed by atoms with Crippen molar-refractivity contribution in [3.8, 4) is 0 Å². The van der Waals surface area contributed by atoms with Crippen LogP contribution in [0, 0.1) is 11.8 Å². The molecule has 1 N–H and O–H groups in total. The third kappa shape index (κ3) is 4.48. The topological polar surface area (TPSA) is 32.3 Å². The van der Waals surface area contributed by atoms with Crippen LogP contribution in [-0.4, -0.2) is 36.5 Å². The van der Waals surface area contributed by atoms with Gasteiger partial charge in [-0.25, -0.2) is 0 Å². The fourth-order valence-corrected chi connectivity index (χ4v) is 3.63. The fourth-order valence-electron chi connectivity index (χ4n) is 3.63. The van der Waals surface area contributed by atoms with Crippen molar-refractivity contribution in [1.82, 2.24) is 10.2 Å². The van der Waals surface area contributed by atoms with Crippen LogP contribution in [0.3, 0.4) is 0 Å². The number of piperidine rings is 1. The largest absolute Gasteiger partial charge is 0.341 e. The highest BCUT2D eigenvalue weighted by atomic mass is 16.2. The maximum absolute atomic E-state index is 11.6. The summed E-state index contributed by atoms with van der Waals surface area (Å²) < 4.78 is 0. The minimum absolute atomic E-state index is 0.239. The first-order valence-electron chi connectivity index (χ1n) is 8.18. The van der Waals surface area contributed by atoms with Crippen molar-refractivity contribution in [2.75, 3.05) is 19.6 Å². The predicted molar refractivity (Wildman–Crippen MR) is 79.0 cm³/mol. The van der Waals surface area contributed by atoms with Crippen molar-refractivity contribution in [3.63, 3.8) is 0 Å². The summed E-state index contributed by atoms with van der Waals surface area (Å²) in [5.41, 5.74) is 0. The number of amides is 1. The van der Waals surface area contributed by atoms with Crippen molar-refractivity contribution in [3.05, 3.63) is 0 Å². The van der Waals surface area contributed by atoms with E-state index in [1.54, 1.807) is 6.92 Å². The van der Waals surface area contributed by atoms with E-state index in [4.69, 9.17) is 0 Å². The van der Waals surface area contributed by atoms with Crippen LogP contribution in [0.5, 0.6) is 0 Å². The molecule has 1 heterocycles. The molecule has 1 amide bonds. The van der Waals surface area contributed by atoms with Gasteiger partial charge in [0.1, 0.15) is 0 Å². The Labute approximate surface area is 118 Å². The molecule has 110 valence electrons. The van der Waals surface area contributed by atoms with Crippen molar-refractivity contribution in [2.45, 2.75) is 64.8 Å². The molecule has 2 rings (SSSR count). The molecule has 0 radical (unpaired) electrons. The Morgan fingerprint density at radius 1 is 1.16 bits per heavy atom. The Balaban J connectivity index is 1.79. The van der Waals surface area contributed by atoms with E-state index in [0.29, 0.717) is 12.0 Å². The second-order valence-corrected chi connectivity index (χ2v) is 6.54. The fraction of sp³-hybridized carbons (Fsp3) is 0.938. The first-order valence-corrected chi connectivity index (χ1v) is 8.18.